The molecular formula is C18H27FN2O. The molecule has 1 unspecified atom stereocenters. The van der Waals surface area contributed by atoms with Crippen molar-refractivity contribution in [3.63, 3.8) is 0 Å². The van der Waals surface area contributed by atoms with Gasteiger partial charge in [0.2, 0.25) is 0 Å². The van der Waals surface area contributed by atoms with Gasteiger partial charge < -0.3 is 15.0 Å². The molecule has 2 aliphatic heterocycles. The number of nitrogens with one attached hydrogen (secondary N) is 1. The highest BCUT2D eigenvalue weighted by molar-refractivity contribution is 5.39. The molecule has 4 heteroatoms. The van der Waals surface area contributed by atoms with Gasteiger partial charge in [0.25, 0.3) is 0 Å². The summed E-state index contributed by atoms with van der Waals surface area (Å²) in [5, 5.41) is 3.63. The molecular weight excluding hydrogens is 279 g/mol. The minimum Gasteiger partial charge on any atom is -0.487 e. The Balaban J connectivity index is 1.86. The predicted octanol–water partition coefficient (Wildman–Crippen LogP) is 3.36. The number of rotatable bonds is 3. The molecule has 1 N–H and O–H groups in total. The van der Waals surface area contributed by atoms with Crippen LogP contribution in [-0.4, -0.2) is 37.2 Å². The monoisotopic (exact) mass is 306 g/mol. The number of halogens is 1. The Hall–Kier alpha value is -1.13. The molecule has 1 aromatic rings. The van der Waals surface area contributed by atoms with E-state index in [1.165, 1.54) is 6.07 Å². The Bertz CT molecular complexity index is 524. The van der Waals surface area contributed by atoms with Crippen LogP contribution in [0.25, 0.3) is 0 Å². The van der Waals surface area contributed by atoms with Crippen molar-refractivity contribution >= 4 is 0 Å². The summed E-state index contributed by atoms with van der Waals surface area (Å²) in [6.45, 7) is 7.46. The molecule has 3 rings (SSSR count). The molecule has 0 aliphatic carbocycles. The van der Waals surface area contributed by atoms with Crippen LogP contribution in [0, 0.1) is 11.7 Å². The zero-order valence-corrected chi connectivity index (χ0v) is 13.9. The third kappa shape index (κ3) is 3.28. The minimum absolute atomic E-state index is 0.0913. The number of benzene rings is 1. The average Bonchev–Trinajstić information content (AvgIpc) is 2.49. The van der Waals surface area contributed by atoms with Crippen molar-refractivity contribution in [1.29, 1.82) is 0 Å². The van der Waals surface area contributed by atoms with Crippen molar-refractivity contribution < 1.29 is 9.13 Å². The average molecular weight is 306 g/mol. The quantitative estimate of drug-likeness (QED) is 0.927. The van der Waals surface area contributed by atoms with Crippen molar-refractivity contribution in [1.82, 2.24) is 10.2 Å². The van der Waals surface area contributed by atoms with Gasteiger partial charge in [0, 0.05) is 31.1 Å². The largest absolute Gasteiger partial charge is 0.487 e. The van der Waals surface area contributed by atoms with Crippen LogP contribution >= 0.6 is 0 Å². The molecule has 3 nitrogen and oxygen atoms in total. The number of piperidine rings is 1. The fourth-order valence-corrected chi connectivity index (χ4v) is 3.53. The number of likely N-dealkylation sites (tertiary alicyclic amines) is 1. The van der Waals surface area contributed by atoms with Gasteiger partial charge in [-0.05, 0) is 50.6 Å². The van der Waals surface area contributed by atoms with Gasteiger partial charge in [-0.25, -0.2) is 4.39 Å². The number of nitrogens with zero attached hydrogens (tertiary/aromatic N) is 1. The highest BCUT2D eigenvalue weighted by Crippen LogP contribution is 2.44. The molecule has 1 aromatic carbocycles. The maximum Gasteiger partial charge on any atom is 0.125 e. The smallest absolute Gasteiger partial charge is 0.125 e. The van der Waals surface area contributed by atoms with E-state index in [2.05, 4.69) is 31.1 Å². The standard InChI is InChI=1S/C18H27FN2O/c1-13(2)12-20-16-11-18(6-8-21(3)9-7-18)22-17-5-4-14(19)10-15(16)17/h4-5,10,13,16,20H,6-9,11-12H2,1-3H3. The lowest BCUT2D eigenvalue weighted by molar-refractivity contribution is -0.0206. The topological polar surface area (TPSA) is 24.5 Å². The third-order valence-corrected chi connectivity index (χ3v) is 4.92. The van der Waals surface area contributed by atoms with Gasteiger partial charge in [0.05, 0.1) is 0 Å². The molecule has 2 aliphatic rings. The normalized spacial score (nSPS) is 24.3. The van der Waals surface area contributed by atoms with Crippen LogP contribution in [0.15, 0.2) is 18.2 Å². The van der Waals surface area contributed by atoms with Gasteiger partial charge >= 0.3 is 0 Å². The maximum atomic E-state index is 13.7. The van der Waals surface area contributed by atoms with E-state index in [0.29, 0.717) is 5.92 Å². The Morgan fingerprint density at radius 2 is 2.09 bits per heavy atom. The van der Waals surface area contributed by atoms with Crippen molar-refractivity contribution in [3.05, 3.63) is 29.6 Å². The molecule has 1 atom stereocenters. The minimum atomic E-state index is -0.182. The van der Waals surface area contributed by atoms with Crippen LogP contribution in [0.5, 0.6) is 5.75 Å². The van der Waals surface area contributed by atoms with Crippen molar-refractivity contribution in [2.45, 2.75) is 44.8 Å². The number of fused-ring (bicyclic) bond motifs is 1. The predicted molar refractivity (Wildman–Crippen MR) is 86.7 cm³/mol. The Morgan fingerprint density at radius 1 is 1.36 bits per heavy atom. The molecule has 0 radical (unpaired) electrons. The first-order valence-electron chi connectivity index (χ1n) is 8.38. The second kappa shape index (κ2) is 6.17. The van der Waals surface area contributed by atoms with E-state index in [-0.39, 0.29) is 17.5 Å². The lowest BCUT2D eigenvalue weighted by Gasteiger charge is -2.46. The van der Waals surface area contributed by atoms with Crippen molar-refractivity contribution in [2.24, 2.45) is 5.92 Å². The van der Waals surface area contributed by atoms with E-state index in [9.17, 15) is 4.39 Å². The summed E-state index contributed by atoms with van der Waals surface area (Å²) in [5.41, 5.74) is 0.886. The maximum absolute atomic E-state index is 13.7. The van der Waals surface area contributed by atoms with Crippen LogP contribution in [0.2, 0.25) is 0 Å². The van der Waals surface area contributed by atoms with Crippen LogP contribution in [0.1, 0.15) is 44.7 Å². The van der Waals surface area contributed by atoms with Crippen molar-refractivity contribution in [2.75, 3.05) is 26.7 Å². The highest BCUT2D eigenvalue weighted by Gasteiger charge is 2.42. The van der Waals surface area contributed by atoms with Crippen LogP contribution < -0.4 is 10.1 Å². The zero-order valence-electron chi connectivity index (χ0n) is 13.9. The van der Waals surface area contributed by atoms with Gasteiger partial charge in [0.1, 0.15) is 17.2 Å². The summed E-state index contributed by atoms with van der Waals surface area (Å²) in [4.78, 5) is 2.35. The Kier molecular flexibility index (Phi) is 4.42. The summed E-state index contributed by atoms with van der Waals surface area (Å²) in [7, 11) is 2.16. The summed E-state index contributed by atoms with van der Waals surface area (Å²) in [6, 6.07) is 5.13. The number of hydrogen-bond donors (Lipinski definition) is 1. The summed E-state index contributed by atoms with van der Waals surface area (Å²) >= 11 is 0. The second-order valence-electron chi connectivity index (χ2n) is 7.33. The Morgan fingerprint density at radius 3 is 2.77 bits per heavy atom. The van der Waals surface area contributed by atoms with E-state index in [4.69, 9.17) is 4.74 Å². The molecule has 122 valence electrons. The molecule has 0 saturated carbocycles. The fourth-order valence-electron chi connectivity index (χ4n) is 3.53. The lowest BCUT2D eigenvalue weighted by atomic mass is 9.80. The van der Waals surface area contributed by atoms with Gasteiger partial charge in [-0.1, -0.05) is 13.8 Å². The Labute approximate surface area is 132 Å². The van der Waals surface area contributed by atoms with Crippen LogP contribution in [0.4, 0.5) is 4.39 Å². The number of ether oxygens (including phenoxy) is 1. The van der Waals surface area contributed by atoms with Gasteiger partial charge in [0.15, 0.2) is 0 Å². The lowest BCUT2D eigenvalue weighted by Crippen LogP contribution is -2.51. The number of hydrogen-bond acceptors (Lipinski definition) is 3. The SMILES string of the molecule is CC(C)CNC1CC2(CCN(C)CC2)Oc2ccc(F)cc21. The first-order valence-corrected chi connectivity index (χ1v) is 8.38. The van der Waals surface area contributed by atoms with Gasteiger partial charge in [-0.3, -0.25) is 0 Å². The van der Waals surface area contributed by atoms with Gasteiger partial charge in [-0.15, -0.1) is 0 Å². The molecule has 1 spiro atoms. The van der Waals surface area contributed by atoms with E-state index in [1.54, 1.807) is 12.1 Å². The first-order chi connectivity index (χ1) is 10.5. The molecule has 2 heterocycles. The van der Waals surface area contributed by atoms with Crippen LogP contribution in [-0.2, 0) is 0 Å². The molecule has 0 amide bonds. The summed E-state index contributed by atoms with van der Waals surface area (Å²) < 4.78 is 20.0. The molecule has 1 fully saturated rings. The van der Waals surface area contributed by atoms with E-state index in [1.807, 2.05) is 0 Å². The zero-order chi connectivity index (χ0) is 15.7. The van der Waals surface area contributed by atoms with E-state index < -0.39 is 0 Å². The summed E-state index contributed by atoms with van der Waals surface area (Å²) in [6.07, 6.45) is 3.02. The third-order valence-electron chi connectivity index (χ3n) is 4.92. The second-order valence-corrected chi connectivity index (χ2v) is 7.33. The summed E-state index contributed by atoms with van der Waals surface area (Å²) in [5.74, 6) is 1.25. The van der Waals surface area contributed by atoms with E-state index >= 15 is 0 Å². The molecule has 0 bridgehead atoms. The first kappa shape index (κ1) is 15.8. The molecule has 1 saturated heterocycles. The van der Waals surface area contributed by atoms with E-state index in [0.717, 1.165) is 50.2 Å². The molecule has 22 heavy (non-hydrogen) atoms. The highest BCUT2D eigenvalue weighted by atomic mass is 19.1. The van der Waals surface area contributed by atoms with Crippen molar-refractivity contribution in [3.8, 4) is 5.75 Å². The fraction of sp³-hybridized carbons (Fsp3) is 0.667. The van der Waals surface area contributed by atoms with Crippen LogP contribution in [0.3, 0.4) is 0 Å². The van der Waals surface area contributed by atoms with Gasteiger partial charge in [-0.2, -0.15) is 0 Å². The molecule has 0 aromatic heterocycles.